The molecule has 4 heteroatoms. The van der Waals surface area contributed by atoms with Gasteiger partial charge in [0.1, 0.15) is 0 Å². The molecule has 0 amide bonds. The minimum absolute atomic E-state index is 0.412. The maximum atomic E-state index is 6.25. The average Bonchev–Trinajstić information content (AvgIpc) is 2.14. The van der Waals surface area contributed by atoms with Crippen molar-refractivity contribution in [3.05, 3.63) is 12.1 Å². The van der Waals surface area contributed by atoms with Crippen LogP contribution in [0.3, 0.4) is 0 Å². The third-order valence-corrected chi connectivity index (χ3v) is 10.6. The van der Waals surface area contributed by atoms with Gasteiger partial charge in [0, 0.05) is 0 Å². The molecule has 4 radical (unpaired) electrons. The molecular weight excluding hydrogens is 434 g/mol. The van der Waals surface area contributed by atoms with Crippen LogP contribution in [-0.4, -0.2) is 42.3 Å². The normalized spacial score (nSPS) is 12.8. The number of rotatable bonds is 2. The van der Waals surface area contributed by atoms with E-state index in [9.17, 15) is 0 Å². The van der Waals surface area contributed by atoms with Crippen LogP contribution in [0.25, 0.3) is 0 Å². The molecule has 2 nitrogen and oxygen atoms in total. The Morgan fingerprint density at radius 2 is 1.00 bits per heavy atom. The molecule has 98 valence electrons. The first-order valence-electron chi connectivity index (χ1n) is 6.24. The zero-order valence-corrected chi connectivity index (χ0v) is 18.0. The summed E-state index contributed by atoms with van der Waals surface area (Å²) in [5.41, 5.74) is 14.3. The molecule has 0 aliphatic rings. The van der Waals surface area contributed by atoms with E-state index in [0.29, 0.717) is 6.86 Å². The van der Waals surface area contributed by atoms with Gasteiger partial charge in [0.05, 0.1) is 0 Å². The van der Waals surface area contributed by atoms with Gasteiger partial charge >= 0.3 is 133 Å². The van der Waals surface area contributed by atoms with Crippen LogP contribution in [-0.2, 0) is 0 Å². The molecule has 0 aliphatic carbocycles. The van der Waals surface area contributed by atoms with Crippen LogP contribution in [0, 0.1) is 0 Å². The van der Waals surface area contributed by atoms with E-state index in [1.54, 1.807) is 0 Å². The van der Waals surface area contributed by atoms with Crippen LogP contribution < -0.4 is 18.6 Å². The summed E-state index contributed by atoms with van der Waals surface area (Å²) in [6.45, 7) is 13.8. The summed E-state index contributed by atoms with van der Waals surface area (Å²) in [6, 6.07) is 4.51. The Morgan fingerprint density at radius 1 is 0.722 bits per heavy atom. The predicted octanol–water partition coefficient (Wildman–Crippen LogP) is 1.95. The molecule has 0 atom stereocenters. The van der Waals surface area contributed by atoms with Crippen molar-refractivity contribution < 1.29 is 0 Å². The van der Waals surface area contributed by atoms with Gasteiger partial charge < -0.3 is 0 Å². The summed E-state index contributed by atoms with van der Waals surface area (Å²) in [6.07, 6.45) is 0. The molecule has 1 aromatic carbocycles. The number of nitrogens with two attached hydrogens (primary N) is 2. The van der Waals surface area contributed by atoms with Crippen molar-refractivity contribution in [1.82, 2.24) is 0 Å². The summed E-state index contributed by atoms with van der Waals surface area (Å²) in [7, 11) is 0. The van der Waals surface area contributed by atoms with Crippen molar-refractivity contribution in [2.45, 2.75) is 48.4 Å². The van der Waals surface area contributed by atoms with Crippen LogP contribution in [0.5, 0.6) is 0 Å². The fourth-order valence-electron chi connectivity index (χ4n) is 1.66. The molecule has 0 fully saturated rings. The van der Waals surface area contributed by atoms with Crippen LogP contribution >= 0.6 is 0 Å². The molecule has 18 heavy (non-hydrogen) atoms. The Hall–Kier alpha value is 0.417. The van der Waals surface area contributed by atoms with Gasteiger partial charge in [0.25, 0.3) is 0 Å². The van der Waals surface area contributed by atoms with Gasteiger partial charge in [-0.2, -0.15) is 0 Å². The van der Waals surface area contributed by atoms with E-state index in [1.165, 1.54) is 7.16 Å². The Kier molecular flexibility index (Phi) is 5.32. The molecule has 0 heterocycles. The summed E-state index contributed by atoms with van der Waals surface area (Å²) >= 11 is -1.34. The molecule has 0 aromatic heterocycles. The molecule has 0 spiro atoms. The van der Waals surface area contributed by atoms with E-state index in [-0.39, 0.29) is 0 Å². The van der Waals surface area contributed by atoms with E-state index in [0.717, 1.165) is 11.4 Å². The first-order valence-corrected chi connectivity index (χ1v) is 11.9. The Morgan fingerprint density at radius 3 is 1.22 bits per heavy atom. The molecule has 0 bridgehead atoms. The SMILES string of the molecule is C[C](C)(C)[Sn][c]1cc[c]([Sn][C](C)(C)C)c(N)c1N. The zero-order chi connectivity index (χ0) is 14.1. The second kappa shape index (κ2) is 5.81. The third kappa shape index (κ3) is 5.19. The summed E-state index contributed by atoms with van der Waals surface area (Å²) in [4.78, 5) is 0. The number of hydrogen-bond acceptors (Lipinski definition) is 2. The second-order valence-corrected chi connectivity index (χ2v) is 19.8. The first-order chi connectivity index (χ1) is 7.99. The monoisotopic (exact) mass is 460 g/mol. The number of anilines is 2. The van der Waals surface area contributed by atoms with Crippen LogP contribution in [0.4, 0.5) is 11.4 Å². The zero-order valence-electron chi connectivity index (χ0n) is 12.3. The fourth-order valence-corrected chi connectivity index (χ4v) is 8.76. The summed E-state index contributed by atoms with van der Waals surface area (Å²) in [5.74, 6) is 0. The van der Waals surface area contributed by atoms with E-state index in [1.807, 2.05) is 0 Å². The Bertz CT molecular complexity index is 388. The standard InChI is InChI=1S/C6H6N2.2C4H9.2Sn/c7-5-3-1-2-4-6(5)8;2*1-4(2)3;;/h1-2H,7-8H2;2*1-3H3;;. The van der Waals surface area contributed by atoms with Gasteiger partial charge in [-0.15, -0.1) is 0 Å². The maximum absolute atomic E-state index is 6.25. The van der Waals surface area contributed by atoms with Gasteiger partial charge in [-0.3, -0.25) is 0 Å². The quantitative estimate of drug-likeness (QED) is 0.527. The van der Waals surface area contributed by atoms with Crippen molar-refractivity contribution in [3.8, 4) is 0 Å². The minimum atomic E-state index is -0.668. The summed E-state index contributed by atoms with van der Waals surface area (Å²) in [5, 5.41) is 0. The number of nitrogen functional groups attached to an aromatic ring is 2. The third-order valence-electron chi connectivity index (χ3n) is 2.31. The van der Waals surface area contributed by atoms with Crippen LogP contribution in [0.15, 0.2) is 12.1 Å². The van der Waals surface area contributed by atoms with E-state index >= 15 is 0 Å². The van der Waals surface area contributed by atoms with Crippen LogP contribution in [0.1, 0.15) is 41.5 Å². The topological polar surface area (TPSA) is 52.0 Å². The molecular formula is C14H24N2Sn2. The number of benzene rings is 1. The Labute approximate surface area is 132 Å². The molecule has 4 N–H and O–H groups in total. The van der Waals surface area contributed by atoms with E-state index < -0.39 is 42.3 Å². The molecule has 0 aliphatic heterocycles. The van der Waals surface area contributed by atoms with E-state index in [2.05, 4.69) is 53.7 Å². The predicted molar refractivity (Wildman–Crippen MR) is 85.5 cm³/mol. The molecule has 0 unspecified atom stereocenters. The fraction of sp³-hybridized carbons (Fsp3) is 0.571. The Balaban J connectivity index is 3.06. The number of hydrogen-bond donors (Lipinski definition) is 2. The first kappa shape index (κ1) is 16.5. The van der Waals surface area contributed by atoms with Gasteiger partial charge in [0.15, 0.2) is 0 Å². The summed E-state index contributed by atoms with van der Waals surface area (Å²) < 4.78 is 3.55. The average molecular weight is 458 g/mol. The molecule has 1 aromatic rings. The van der Waals surface area contributed by atoms with E-state index in [4.69, 9.17) is 11.5 Å². The van der Waals surface area contributed by atoms with Gasteiger partial charge in [0.2, 0.25) is 0 Å². The van der Waals surface area contributed by atoms with Gasteiger partial charge in [-0.25, -0.2) is 0 Å². The van der Waals surface area contributed by atoms with Gasteiger partial charge in [-0.1, -0.05) is 0 Å². The second-order valence-electron chi connectivity index (χ2n) is 6.74. The van der Waals surface area contributed by atoms with Crippen LogP contribution in [0.2, 0.25) is 6.86 Å². The van der Waals surface area contributed by atoms with Crippen molar-refractivity contribution in [3.63, 3.8) is 0 Å². The molecule has 0 saturated carbocycles. The molecule has 0 saturated heterocycles. The molecule has 1 rings (SSSR count). The van der Waals surface area contributed by atoms with Crippen molar-refractivity contribution in [2.75, 3.05) is 11.5 Å². The van der Waals surface area contributed by atoms with Crippen molar-refractivity contribution in [1.29, 1.82) is 0 Å². The van der Waals surface area contributed by atoms with Crippen molar-refractivity contribution in [2.24, 2.45) is 0 Å². The van der Waals surface area contributed by atoms with Crippen molar-refractivity contribution >= 4 is 60.8 Å². The van der Waals surface area contributed by atoms with Gasteiger partial charge in [-0.05, 0) is 0 Å².